The zero-order chi connectivity index (χ0) is 27.2. The number of hydrogen-bond acceptors (Lipinski definition) is 3. The van der Waals surface area contributed by atoms with E-state index in [1.54, 1.807) is 0 Å². The summed E-state index contributed by atoms with van der Waals surface area (Å²) in [5, 5.41) is 25.6. The Morgan fingerprint density at radius 1 is 0.243 bits per heavy atom. The predicted molar refractivity (Wildman–Crippen MR) is 163 cm³/mol. The first kappa shape index (κ1) is 44.4. The molecule has 0 unspecified atom stereocenters. The van der Waals surface area contributed by atoms with Crippen LogP contribution in [0, 0.1) is 0 Å². The van der Waals surface area contributed by atoms with Gasteiger partial charge in [0, 0.05) is 36.9 Å². The molecular formula is C33H72FeO3. The fraction of sp³-hybridized carbons (Fsp3) is 1.00. The second-order valence-corrected chi connectivity index (χ2v) is 10.7. The van der Waals surface area contributed by atoms with E-state index in [0.717, 1.165) is 19.3 Å². The van der Waals surface area contributed by atoms with Crippen molar-refractivity contribution in [1.29, 1.82) is 0 Å². The molecule has 3 nitrogen and oxygen atoms in total. The van der Waals surface area contributed by atoms with Crippen LogP contribution in [0.3, 0.4) is 0 Å². The molecule has 0 bridgehead atoms. The molecule has 37 heavy (non-hydrogen) atoms. The van der Waals surface area contributed by atoms with Crippen LogP contribution in [0.4, 0.5) is 0 Å². The number of aliphatic hydroxyl groups is 3. The molecule has 230 valence electrons. The fourth-order valence-electron chi connectivity index (χ4n) is 4.27. The molecular weight excluding hydrogens is 500 g/mol. The van der Waals surface area contributed by atoms with E-state index in [0.29, 0.717) is 19.8 Å². The van der Waals surface area contributed by atoms with Crippen molar-refractivity contribution in [3.63, 3.8) is 0 Å². The van der Waals surface area contributed by atoms with Crippen LogP contribution >= 0.6 is 0 Å². The molecule has 0 aromatic heterocycles. The Hall–Kier alpha value is 0.399. The maximum absolute atomic E-state index is 8.54. The third-order valence-corrected chi connectivity index (χ3v) is 6.79. The summed E-state index contributed by atoms with van der Waals surface area (Å²) in [7, 11) is 0. The predicted octanol–water partition coefficient (Wildman–Crippen LogP) is 10.5. The van der Waals surface area contributed by atoms with Crippen molar-refractivity contribution in [2.75, 3.05) is 19.8 Å². The van der Waals surface area contributed by atoms with Gasteiger partial charge < -0.3 is 15.3 Å². The molecule has 0 saturated carbocycles. The van der Waals surface area contributed by atoms with Gasteiger partial charge >= 0.3 is 0 Å². The van der Waals surface area contributed by atoms with Gasteiger partial charge in [-0.25, -0.2) is 0 Å². The van der Waals surface area contributed by atoms with E-state index < -0.39 is 0 Å². The van der Waals surface area contributed by atoms with Gasteiger partial charge in [0.25, 0.3) is 0 Å². The Bertz CT molecular complexity index is 238. The van der Waals surface area contributed by atoms with E-state index in [2.05, 4.69) is 20.8 Å². The quantitative estimate of drug-likeness (QED) is 0.0678. The molecule has 0 amide bonds. The average molecular weight is 573 g/mol. The van der Waals surface area contributed by atoms with Gasteiger partial charge in [0.2, 0.25) is 0 Å². The van der Waals surface area contributed by atoms with Crippen molar-refractivity contribution in [1.82, 2.24) is 0 Å². The summed E-state index contributed by atoms with van der Waals surface area (Å²) in [6.45, 7) is 7.87. The van der Waals surface area contributed by atoms with Gasteiger partial charge in [-0.1, -0.05) is 175 Å². The first-order valence-corrected chi connectivity index (χ1v) is 16.6. The number of hydrogen-bond donors (Lipinski definition) is 3. The minimum Gasteiger partial charge on any atom is -0.396 e. The third kappa shape index (κ3) is 57.4. The molecule has 4 heteroatoms. The standard InChI is InChI=1S/3C11H24O.Fe/c3*1-2-3-4-5-6-7-8-9-10-11-12;/h3*12H,2-11H2,1H3;. The fourth-order valence-corrected chi connectivity index (χ4v) is 4.27. The summed E-state index contributed by atoms with van der Waals surface area (Å²) < 4.78 is 0. The topological polar surface area (TPSA) is 60.7 Å². The van der Waals surface area contributed by atoms with Crippen molar-refractivity contribution in [3.8, 4) is 0 Å². The van der Waals surface area contributed by atoms with E-state index in [4.69, 9.17) is 15.3 Å². The summed E-state index contributed by atoms with van der Waals surface area (Å²) in [5.41, 5.74) is 0. The molecule has 0 aliphatic rings. The second-order valence-electron chi connectivity index (χ2n) is 10.7. The Kier molecular flexibility index (Phi) is 59.3. The second kappa shape index (κ2) is 49.4. The SMILES string of the molecule is CCCCCCCCCCCO.CCCCCCCCCCCO.CCCCCCCCCCCO.[Fe]. The zero-order valence-electron chi connectivity index (χ0n) is 25.9. The molecule has 0 aliphatic heterocycles. The van der Waals surface area contributed by atoms with E-state index in [9.17, 15) is 0 Å². The average Bonchev–Trinajstić information content (AvgIpc) is 2.90. The molecule has 0 aliphatic carbocycles. The Balaban J connectivity index is -0.000000218. The van der Waals surface area contributed by atoms with Crippen molar-refractivity contribution < 1.29 is 32.4 Å². The molecule has 3 N–H and O–H groups in total. The maximum Gasteiger partial charge on any atom is 0.0431 e. The van der Waals surface area contributed by atoms with Crippen LogP contribution in [0.15, 0.2) is 0 Å². The summed E-state index contributed by atoms with van der Waals surface area (Å²) >= 11 is 0. The van der Waals surface area contributed by atoms with Crippen molar-refractivity contribution in [2.45, 2.75) is 194 Å². The van der Waals surface area contributed by atoms with Crippen LogP contribution in [0.25, 0.3) is 0 Å². The molecule has 0 atom stereocenters. The minimum absolute atomic E-state index is 0. The summed E-state index contributed by atoms with van der Waals surface area (Å²) in [5.74, 6) is 0. The Morgan fingerprint density at radius 2 is 0.378 bits per heavy atom. The van der Waals surface area contributed by atoms with Crippen LogP contribution in [-0.4, -0.2) is 35.1 Å². The molecule has 0 saturated heterocycles. The monoisotopic (exact) mass is 572 g/mol. The smallest absolute Gasteiger partial charge is 0.0431 e. The molecule has 0 aromatic carbocycles. The van der Waals surface area contributed by atoms with Crippen LogP contribution in [0.2, 0.25) is 0 Å². The van der Waals surface area contributed by atoms with E-state index in [-0.39, 0.29) is 17.1 Å². The summed E-state index contributed by atoms with van der Waals surface area (Å²) in [6.07, 6.45) is 35.5. The van der Waals surface area contributed by atoms with Crippen LogP contribution in [0.5, 0.6) is 0 Å². The van der Waals surface area contributed by atoms with Gasteiger partial charge in [0.05, 0.1) is 0 Å². The first-order valence-electron chi connectivity index (χ1n) is 16.6. The number of aliphatic hydroxyl groups excluding tert-OH is 3. The van der Waals surface area contributed by atoms with Gasteiger partial charge in [-0.3, -0.25) is 0 Å². The summed E-state index contributed by atoms with van der Waals surface area (Å²) in [6, 6.07) is 0. The van der Waals surface area contributed by atoms with Crippen LogP contribution < -0.4 is 0 Å². The molecule has 0 fully saturated rings. The molecule has 0 aromatic rings. The minimum atomic E-state index is 0. The van der Waals surface area contributed by atoms with Gasteiger partial charge in [-0.05, 0) is 19.3 Å². The van der Waals surface area contributed by atoms with E-state index >= 15 is 0 Å². The number of rotatable bonds is 27. The van der Waals surface area contributed by atoms with Crippen molar-refractivity contribution in [2.24, 2.45) is 0 Å². The van der Waals surface area contributed by atoms with Gasteiger partial charge in [-0.15, -0.1) is 0 Å². The van der Waals surface area contributed by atoms with E-state index in [1.807, 2.05) is 0 Å². The third-order valence-electron chi connectivity index (χ3n) is 6.79. The largest absolute Gasteiger partial charge is 0.396 e. The van der Waals surface area contributed by atoms with Gasteiger partial charge in [-0.2, -0.15) is 0 Å². The van der Waals surface area contributed by atoms with Gasteiger partial charge in [0.1, 0.15) is 0 Å². The van der Waals surface area contributed by atoms with Crippen molar-refractivity contribution in [3.05, 3.63) is 0 Å². The van der Waals surface area contributed by atoms with Crippen LogP contribution in [-0.2, 0) is 17.1 Å². The normalized spacial score (nSPS) is 10.2. The maximum atomic E-state index is 8.54. The molecule has 0 radical (unpaired) electrons. The number of unbranched alkanes of at least 4 members (excludes halogenated alkanes) is 24. The van der Waals surface area contributed by atoms with Crippen LogP contribution in [0.1, 0.15) is 194 Å². The summed E-state index contributed by atoms with van der Waals surface area (Å²) in [4.78, 5) is 0. The van der Waals surface area contributed by atoms with Crippen molar-refractivity contribution >= 4 is 0 Å². The van der Waals surface area contributed by atoms with Gasteiger partial charge in [0.15, 0.2) is 0 Å². The molecule has 0 spiro atoms. The Labute approximate surface area is 245 Å². The first-order chi connectivity index (χ1) is 17.7. The zero-order valence-corrected chi connectivity index (χ0v) is 27.0. The van der Waals surface area contributed by atoms with E-state index in [1.165, 1.54) is 154 Å². The molecule has 0 rings (SSSR count). The molecule has 0 heterocycles. The Morgan fingerprint density at radius 3 is 0.514 bits per heavy atom.